The number of pyridine rings is 1. The van der Waals surface area contributed by atoms with Gasteiger partial charge in [-0.1, -0.05) is 50.2 Å². The molecule has 6 N–H and O–H groups in total. The second-order valence-electron chi connectivity index (χ2n) is 11.0. The van der Waals surface area contributed by atoms with Crippen LogP contribution in [-0.4, -0.2) is 53.5 Å². The van der Waals surface area contributed by atoms with E-state index in [0.29, 0.717) is 28.8 Å². The Morgan fingerprint density at radius 2 is 1.59 bits per heavy atom. The fraction of sp³-hybridized carbons (Fsp3) is 0.229. The molecule has 2 amide bonds. The van der Waals surface area contributed by atoms with Gasteiger partial charge in [0.1, 0.15) is 18.1 Å². The Bertz CT molecular complexity index is 1710. The molecule has 0 saturated carbocycles. The predicted molar refractivity (Wildman–Crippen MR) is 175 cm³/mol. The van der Waals surface area contributed by atoms with Gasteiger partial charge < -0.3 is 30.9 Å². The van der Waals surface area contributed by atoms with E-state index >= 15 is 0 Å². The van der Waals surface area contributed by atoms with Crippen LogP contribution in [0.3, 0.4) is 0 Å². The van der Waals surface area contributed by atoms with Gasteiger partial charge in [0.15, 0.2) is 0 Å². The van der Waals surface area contributed by atoms with Crippen LogP contribution in [0, 0.1) is 11.3 Å². The molecule has 0 unspecified atom stereocenters. The summed E-state index contributed by atoms with van der Waals surface area (Å²) >= 11 is 0. The van der Waals surface area contributed by atoms with Crippen molar-refractivity contribution in [2.45, 2.75) is 32.9 Å². The molecule has 0 radical (unpaired) electrons. The molecule has 1 heterocycles. The normalized spacial score (nSPS) is 11.4. The lowest BCUT2D eigenvalue weighted by Gasteiger charge is -2.19. The summed E-state index contributed by atoms with van der Waals surface area (Å²) in [7, 11) is 1.42. The predicted octanol–water partition coefficient (Wildman–Crippen LogP) is 4.79. The highest BCUT2D eigenvalue weighted by Gasteiger charge is 2.24. The number of aliphatic hydroxyl groups excluding tert-OH is 1. The lowest BCUT2D eigenvalue weighted by molar-refractivity contribution is 0.0473. The second-order valence-corrected chi connectivity index (χ2v) is 11.0. The van der Waals surface area contributed by atoms with Crippen LogP contribution in [0.15, 0.2) is 84.9 Å². The number of amidine groups is 1. The van der Waals surface area contributed by atoms with Crippen LogP contribution in [-0.2, 0) is 11.3 Å². The number of carbonyl (C=O) groups is 3. The van der Waals surface area contributed by atoms with Gasteiger partial charge in [0.2, 0.25) is 5.88 Å². The minimum absolute atomic E-state index is 0.0129. The van der Waals surface area contributed by atoms with E-state index in [1.807, 2.05) is 44.2 Å². The van der Waals surface area contributed by atoms with E-state index in [1.165, 1.54) is 19.2 Å². The van der Waals surface area contributed by atoms with Crippen molar-refractivity contribution in [1.29, 1.82) is 5.41 Å². The van der Waals surface area contributed by atoms with Crippen LogP contribution in [0.2, 0.25) is 0 Å². The number of anilines is 1. The third-order valence-electron chi connectivity index (χ3n) is 7.06. The first-order chi connectivity index (χ1) is 22.1. The Hall–Kier alpha value is -5.55. The third-order valence-corrected chi connectivity index (χ3v) is 7.06. The number of benzene rings is 3. The van der Waals surface area contributed by atoms with Crippen molar-refractivity contribution in [3.05, 3.63) is 113 Å². The Morgan fingerprint density at radius 3 is 2.22 bits per heavy atom. The van der Waals surface area contributed by atoms with Crippen LogP contribution in [0.5, 0.6) is 5.88 Å². The quantitative estimate of drug-likeness (QED) is 0.0802. The molecule has 3 aromatic carbocycles. The number of aliphatic hydroxyl groups is 1. The van der Waals surface area contributed by atoms with Crippen molar-refractivity contribution < 1.29 is 29.0 Å². The van der Waals surface area contributed by atoms with Crippen LogP contribution in [0.4, 0.5) is 5.69 Å². The molecule has 0 fully saturated rings. The lowest BCUT2D eigenvalue weighted by atomic mass is 9.95. The molecule has 0 spiro atoms. The van der Waals surface area contributed by atoms with Crippen molar-refractivity contribution in [3.8, 4) is 17.0 Å². The highest BCUT2D eigenvalue weighted by atomic mass is 16.5. The first-order valence-electron chi connectivity index (χ1n) is 14.7. The molecule has 0 bridgehead atoms. The molecule has 46 heavy (non-hydrogen) atoms. The van der Waals surface area contributed by atoms with E-state index in [0.717, 1.165) is 5.56 Å². The minimum atomic E-state index is -0.712. The van der Waals surface area contributed by atoms with Gasteiger partial charge in [0.25, 0.3) is 11.8 Å². The van der Waals surface area contributed by atoms with Crippen LogP contribution in [0.1, 0.15) is 62.6 Å². The average molecular weight is 624 g/mol. The van der Waals surface area contributed by atoms with E-state index in [-0.39, 0.29) is 47.7 Å². The van der Waals surface area contributed by atoms with E-state index < -0.39 is 23.8 Å². The highest BCUT2D eigenvalue weighted by molar-refractivity contribution is 6.10. The van der Waals surface area contributed by atoms with E-state index in [4.69, 9.17) is 20.6 Å². The number of rotatable bonds is 13. The molecule has 0 aliphatic rings. The van der Waals surface area contributed by atoms with Crippen molar-refractivity contribution in [2.24, 2.45) is 11.7 Å². The van der Waals surface area contributed by atoms with Crippen molar-refractivity contribution >= 4 is 29.3 Å². The summed E-state index contributed by atoms with van der Waals surface area (Å²) < 4.78 is 10.9. The number of nitrogens with zero attached hydrogens (tertiary/aromatic N) is 1. The highest BCUT2D eigenvalue weighted by Crippen LogP contribution is 2.31. The number of hydrogen-bond donors (Lipinski definition) is 5. The van der Waals surface area contributed by atoms with Crippen molar-refractivity contribution in [2.75, 3.05) is 19.0 Å². The first-order valence-corrected chi connectivity index (χ1v) is 14.7. The number of nitrogens with two attached hydrogens (primary N) is 1. The van der Waals surface area contributed by atoms with E-state index in [2.05, 4.69) is 15.6 Å². The SMILES string of the molecule is COc1ccc(-c2ccc(C(=O)N[C@H](CO)CC(C)C)cc2C(=O)OCc2ccccc2)c(C(=O)Nc2ccc(C(=N)N)cc2)n1. The molecule has 4 rings (SSSR count). The van der Waals surface area contributed by atoms with Gasteiger partial charge in [0.05, 0.1) is 25.3 Å². The second kappa shape index (κ2) is 15.4. The maximum Gasteiger partial charge on any atom is 0.339 e. The molecule has 11 nitrogen and oxygen atoms in total. The van der Waals surface area contributed by atoms with E-state index in [9.17, 15) is 19.5 Å². The summed E-state index contributed by atoms with van der Waals surface area (Å²) in [6, 6.07) is 22.8. The van der Waals surface area contributed by atoms with Crippen molar-refractivity contribution in [3.63, 3.8) is 0 Å². The molecule has 0 saturated heterocycles. The fourth-order valence-corrected chi connectivity index (χ4v) is 4.78. The van der Waals surface area contributed by atoms with Gasteiger partial charge in [-0.25, -0.2) is 9.78 Å². The number of nitrogen functional groups attached to an aromatic ring is 1. The van der Waals surface area contributed by atoms with Gasteiger partial charge in [-0.3, -0.25) is 15.0 Å². The maximum absolute atomic E-state index is 13.6. The summed E-state index contributed by atoms with van der Waals surface area (Å²) in [6.45, 7) is 3.73. The molecule has 4 aromatic rings. The minimum Gasteiger partial charge on any atom is -0.481 e. The summed E-state index contributed by atoms with van der Waals surface area (Å²) in [4.78, 5) is 44.9. The molecule has 11 heteroatoms. The average Bonchev–Trinajstić information content (AvgIpc) is 3.06. The summed E-state index contributed by atoms with van der Waals surface area (Å²) in [5.74, 6) is -1.47. The van der Waals surface area contributed by atoms with Crippen molar-refractivity contribution in [1.82, 2.24) is 10.3 Å². The monoisotopic (exact) mass is 623 g/mol. The zero-order chi connectivity index (χ0) is 33.2. The zero-order valence-electron chi connectivity index (χ0n) is 25.9. The number of carbonyl (C=O) groups excluding carboxylic acids is 3. The summed E-state index contributed by atoms with van der Waals surface area (Å²) in [5, 5.41) is 23.0. The first kappa shape index (κ1) is 33.3. The molecule has 238 valence electrons. The van der Waals surface area contributed by atoms with Gasteiger partial charge >= 0.3 is 5.97 Å². The van der Waals surface area contributed by atoms with Gasteiger partial charge in [-0.15, -0.1) is 0 Å². The van der Waals surface area contributed by atoms with Gasteiger partial charge in [0, 0.05) is 28.4 Å². The topological polar surface area (TPSA) is 177 Å². The smallest absolute Gasteiger partial charge is 0.339 e. The molecule has 0 aliphatic carbocycles. The zero-order valence-corrected chi connectivity index (χ0v) is 25.9. The van der Waals surface area contributed by atoms with E-state index in [1.54, 1.807) is 42.5 Å². The third kappa shape index (κ3) is 8.54. The Labute approximate surface area is 267 Å². The number of amides is 2. The summed E-state index contributed by atoms with van der Waals surface area (Å²) in [5.41, 5.74) is 8.02. The molecule has 0 aliphatic heterocycles. The number of ether oxygens (including phenoxy) is 2. The number of aromatic nitrogens is 1. The Kier molecular flexibility index (Phi) is 11.2. The number of hydrogen-bond acceptors (Lipinski definition) is 8. The Balaban J connectivity index is 1.74. The summed E-state index contributed by atoms with van der Waals surface area (Å²) in [6.07, 6.45) is 0.569. The lowest BCUT2D eigenvalue weighted by Crippen LogP contribution is -2.38. The Morgan fingerprint density at radius 1 is 0.913 bits per heavy atom. The number of esters is 1. The number of methoxy groups -OCH3 is 1. The standard InChI is InChI=1S/C35H37N5O6/c1-21(2)17-26(19-41)39-33(42)24-11-14-27(29(18-24)35(44)46-20-22-7-5-4-6-8-22)28-15-16-30(45-3)40-31(28)34(43)38-25-12-9-23(10-13-25)32(36)37/h4-16,18,21,26,41H,17,19-20H2,1-3H3,(H3,36,37)(H,38,43)(H,39,42)/t26-/m0/s1. The van der Waals surface area contributed by atoms with Crippen LogP contribution < -0.4 is 21.1 Å². The molecule has 1 atom stereocenters. The van der Waals surface area contributed by atoms with Crippen LogP contribution in [0.25, 0.3) is 11.1 Å². The fourth-order valence-electron chi connectivity index (χ4n) is 4.78. The molecular formula is C35H37N5O6. The van der Waals surface area contributed by atoms with Gasteiger partial charge in [-0.05, 0) is 65.9 Å². The molecule has 1 aromatic heterocycles. The largest absolute Gasteiger partial charge is 0.481 e. The molecular weight excluding hydrogens is 586 g/mol. The number of nitrogens with one attached hydrogen (secondary N) is 3. The maximum atomic E-state index is 13.6. The van der Waals surface area contributed by atoms with Crippen LogP contribution >= 0.6 is 0 Å². The van der Waals surface area contributed by atoms with Gasteiger partial charge in [-0.2, -0.15) is 0 Å².